The van der Waals surface area contributed by atoms with Crippen molar-refractivity contribution in [1.29, 1.82) is 0 Å². The van der Waals surface area contributed by atoms with Crippen LogP contribution in [0.15, 0.2) is 24.3 Å². The first kappa shape index (κ1) is 11.7. The van der Waals surface area contributed by atoms with Gasteiger partial charge in [-0.1, -0.05) is 50.1 Å². The summed E-state index contributed by atoms with van der Waals surface area (Å²) >= 11 is 0. The van der Waals surface area contributed by atoms with E-state index in [1.165, 1.54) is 30.5 Å². The molecule has 2 rings (SSSR count). The molecule has 1 aliphatic heterocycles. The number of hydrogen-bond donors (Lipinski definition) is 1. The fraction of sp³-hybridized carbons (Fsp3) is 0.600. The van der Waals surface area contributed by atoms with Crippen LogP contribution in [0.3, 0.4) is 0 Å². The molecule has 0 saturated carbocycles. The van der Waals surface area contributed by atoms with Crippen molar-refractivity contribution in [3.8, 4) is 0 Å². The SMILES string of the molecule is CCC1(C)CCNCC1c1ccc(C)cc1. The van der Waals surface area contributed by atoms with Gasteiger partial charge < -0.3 is 5.32 Å². The number of benzene rings is 1. The average molecular weight is 217 g/mol. The van der Waals surface area contributed by atoms with Crippen molar-refractivity contribution in [1.82, 2.24) is 5.32 Å². The summed E-state index contributed by atoms with van der Waals surface area (Å²) in [5.74, 6) is 0.673. The molecule has 0 spiro atoms. The first-order valence-corrected chi connectivity index (χ1v) is 6.43. The summed E-state index contributed by atoms with van der Waals surface area (Å²) in [5, 5.41) is 3.54. The van der Waals surface area contributed by atoms with Crippen molar-refractivity contribution in [3.05, 3.63) is 35.4 Å². The van der Waals surface area contributed by atoms with Gasteiger partial charge in [-0.25, -0.2) is 0 Å². The molecule has 1 saturated heterocycles. The molecule has 88 valence electrons. The third kappa shape index (κ3) is 2.15. The van der Waals surface area contributed by atoms with Crippen molar-refractivity contribution in [3.63, 3.8) is 0 Å². The van der Waals surface area contributed by atoms with Gasteiger partial charge in [-0.2, -0.15) is 0 Å². The average Bonchev–Trinajstić information content (AvgIpc) is 2.31. The third-order valence-electron chi connectivity index (χ3n) is 4.35. The molecule has 1 aliphatic rings. The van der Waals surface area contributed by atoms with Crippen molar-refractivity contribution in [2.75, 3.05) is 13.1 Å². The van der Waals surface area contributed by atoms with E-state index in [4.69, 9.17) is 0 Å². The predicted octanol–water partition coefficient (Wildman–Crippen LogP) is 3.49. The van der Waals surface area contributed by atoms with Gasteiger partial charge in [0, 0.05) is 12.5 Å². The lowest BCUT2D eigenvalue weighted by molar-refractivity contribution is 0.180. The Morgan fingerprint density at radius 2 is 2.00 bits per heavy atom. The summed E-state index contributed by atoms with van der Waals surface area (Å²) in [6.07, 6.45) is 2.56. The Bertz CT molecular complexity index is 341. The van der Waals surface area contributed by atoms with E-state index in [0.717, 1.165) is 6.54 Å². The van der Waals surface area contributed by atoms with Gasteiger partial charge in [-0.15, -0.1) is 0 Å². The summed E-state index contributed by atoms with van der Waals surface area (Å²) in [6, 6.07) is 9.09. The highest BCUT2D eigenvalue weighted by Gasteiger charge is 2.35. The van der Waals surface area contributed by atoms with Gasteiger partial charge in [0.2, 0.25) is 0 Å². The van der Waals surface area contributed by atoms with Gasteiger partial charge in [0.25, 0.3) is 0 Å². The van der Waals surface area contributed by atoms with E-state index >= 15 is 0 Å². The van der Waals surface area contributed by atoms with Gasteiger partial charge in [0.1, 0.15) is 0 Å². The number of rotatable bonds is 2. The Morgan fingerprint density at radius 3 is 2.62 bits per heavy atom. The maximum Gasteiger partial charge on any atom is 0.00254 e. The molecule has 0 amide bonds. The topological polar surface area (TPSA) is 12.0 Å². The number of hydrogen-bond acceptors (Lipinski definition) is 1. The minimum atomic E-state index is 0.473. The van der Waals surface area contributed by atoms with Crippen LogP contribution >= 0.6 is 0 Å². The zero-order valence-electron chi connectivity index (χ0n) is 10.7. The molecule has 1 aromatic carbocycles. The van der Waals surface area contributed by atoms with E-state index in [9.17, 15) is 0 Å². The van der Waals surface area contributed by atoms with Crippen molar-refractivity contribution in [2.45, 2.75) is 39.5 Å². The molecule has 16 heavy (non-hydrogen) atoms. The third-order valence-corrected chi connectivity index (χ3v) is 4.35. The second-order valence-corrected chi connectivity index (χ2v) is 5.42. The van der Waals surface area contributed by atoms with Gasteiger partial charge in [0.05, 0.1) is 0 Å². The summed E-state index contributed by atoms with van der Waals surface area (Å²) < 4.78 is 0. The Kier molecular flexibility index (Phi) is 3.34. The smallest absolute Gasteiger partial charge is 0.00254 e. The lowest BCUT2D eigenvalue weighted by Gasteiger charge is -2.41. The molecule has 2 atom stereocenters. The minimum Gasteiger partial charge on any atom is -0.316 e. The van der Waals surface area contributed by atoms with Gasteiger partial charge >= 0.3 is 0 Å². The molecule has 2 unspecified atom stereocenters. The second kappa shape index (κ2) is 4.58. The van der Waals surface area contributed by atoms with E-state index < -0.39 is 0 Å². The van der Waals surface area contributed by atoms with Gasteiger partial charge in [-0.05, 0) is 30.9 Å². The summed E-state index contributed by atoms with van der Waals surface area (Å²) in [4.78, 5) is 0. The first-order valence-electron chi connectivity index (χ1n) is 6.43. The van der Waals surface area contributed by atoms with E-state index in [1.54, 1.807) is 0 Å². The molecule has 0 bridgehead atoms. The maximum absolute atomic E-state index is 3.54. The van der Waals surface area contributed by atoms with E-state index in [-0.39, 0.29) is 0 Å². The minimum absolute atomic E-state index is 0.473. The summed E-state index contributed by atoms with van der Waals surface area (Å²) in [7, 11) is 0. The molecule has 1 heteroatoms. The molecule has 1 fully saturated rings. The summed E-state index contributed by atoms with van der Waals surface area (Å²) in [5.41, 5.74) is 3.33. The monoisotopic (exact) mass is 217 g/mol. The van der Waals surface area contributed by atoms with Crippen LogP contribution in [0.4, 0.5) is 0 Å². The molecule has 0 aromatic heterocycles. The number of nitrogens with one attached hydrogen (secondary N) is 1. The standard InChI is InChI=1S/C15H23N/c1-4-15(3)9-10-16-11-14(15)13-7-5-12(2)6-8-13/h5-8,14,16H,4,9-11H2,1-3H3. The molecule has 1 aromatic rings. The van der Waals surface area contributed by atoms with Gasteiger partial charge in [0.15, 0.2) is 0 Å². The number of piperidine rings is 1. The van der Waals surface area contributed by atoms with Crippen LogP contribution in [0.2, 0.25) is 0 Å². The Balaban J connectivity index is 2.26. The van der Waals surface area contributed by atoms with Gasteiger partial charge in [-0.3, -0.25) is 0 Å². The van der Waals surface area contributed by atoms with Crippen LogP contribution in [0.25, 0.3) is 0 Å². The van der Waals surface area contributed by atoms with Crippen LogP contribution in [-0.2, 0) is 0 Å². The van der Waals surface area contributed by atoms with Crippen molar-refractivity contribution >= 4 is 0 Å². The van der Waals surface area contributed by atoms with Crippen LogP contribution < -0.4 is 5.32 Å². The zero-order chi connectivity index (χ0) is 11.6. The highest BCUT2D eigenvalue weighted by Crippen LogP contribution is 2.42. The quantitative estimate of drug-likeness (QED) is 0.799. The van der Waals surface area contributed by atoms with Crippen molar-refractivity contribution < 1.29 is 0 Å². The second-order valence-electron chi connectivity index (χ2n) is 5.42. The molecular weight excluding hydrogens is 194 g/mol. The zero-order valence-corrected chi connectivity index (χ0v) is 10.7. The lowest BCUT2D eigenvalue weighted by Crippen LogP contribution is -2.41. The predicted molar refractivity (Wildman–Crippen MR) is 69.8 cm³/mol. The Labute approximate surface area is 99.3 Å². The van der Waals surface area contributed by atoms with Crippen LogP contribution in [-0.4, -0.2) is 13.1 Å². The molecule has 0 radical (unpaired) electrons. The number of aryl methyl sites for hydroxylation is 1. The molecule has 0 aliphatic carbocycles. The molecular formula is C15H23N. The lowest BCUT2D eigenvalue weighted by atomic mass is 9.68. The van der Waals surface area contributed by atoms with Crippen LogP contribution in [0, 0.1) is 12.3 Å². The van der Waals surface area contributed by atoms with Crippen LogP contribution in [0.5, 0.6) is 0 Å². The fourth-order valence-electron chi connectivity index (χ4n) is 2.78. The Hall–Kier alpha value is -0.820. The summed E-state index contributed by atoms with van der Waals surface area (Å²) in [6.45, 7) is 9.23. The van der Waals surface area contributed by atoms with E-state index in [1.807, 2.05) is 0 Å². The van der Waals surface area contributed by atoms with E-state index in [0.29, 0.717) is 11.3 Å². The largest absolute Gasteiger partial charge is 0.316 e. The highest BCUT2D eigenvalue weighted by molar-refractivity contribution is 5.27. The highest BCUT2D eigenvalue weighted by atomic mass is 14.9. The Morgan fingerprint density at radius 1 is 1.31 bits per heavy atom. The van der Waals surface area contributed by atoms with E-state index in [2.05, 4.69) is 50.4 Å². The van der Waals surface area contributed by atoms with Crippen LogP contribution in [0.1, 0.15) is 43.7 Å². The van der Waals surface area contributed by atoms with Crippen molar-refractivity contribution in [2.24, 2.45) is 5.41 Å². The maximum atomic E-state index is 3.54. The fourth-order valence-corrected chi connectivity index (χ4v) is 2.78. The first-order chi connectivity index (χ1) is 7.65. The molecule has 1 N–H and O–H groups in total. The molecule has 1 heterocycles. The normalized spacial score (nSPS) is 30.3. The molecule has 1 nitrogen and oxygen atoms in total.